The van der Waals surface area contributed by atoms with Crippen molar-refractivity contribution in [3.8, 4) is 5.88 Å². The topological polar surface area (TPSA) is 67.6 Å². The molecule has 0 bridgehead atoms. The van der Waals surface area contributed by atoms with E-state index in [9.17, 15) is 4.79 Å². The van der Waals surface area contributed by atoms with E-state index in [4.69, 9.17) is 9.26 Å². The van der Waals surface area contributed by atoms with Crippen molar-refractivity contribution >= 4 is 5.78 Å². The molecule has 1 aromatic heterocycles. The molecule has 1 N–H and O–H groups in total. The molecule has 1 aromatic rings. The van der Waals surface area contributed by atoms with E-state index in [-0.39, 0.29) is 17.6 Å². The maximum atomic E-state index is 11.7. The van der Waals surface area contributed by atoms with E-state index in [1.54, 1.807) is 13.0 Å². The van der Waals surface area contributed by atoms with Crippen LogP contribution in [-0.4, -0.2) is 54.7 Å². The molecule has 2 heterocycles. The third-order valence-electron chi connectivity index (χ3n) is 4.03. The summed E-state index contributed by atoms with van der Waals surface area (Å²) in [6, 6.07) is 2.27. The maximum Gasteiger partial charge on any atom is 0.254 e. The molecule has 1 aliphatic rings. The van der Waals surface area contributed by atoms with Gasteiger partial charge in [-0.1, -0.05) is 13.8 Å². The zero-order valence-corrected chi connectivity index (χ0v) is 14.0. The minimum Gasteiger partial charge on any atom is -0.474 e. The van der Waals surface area contributed by atoms with E-state index in [0.29, 0.717) is 24.3 Å². The molecule has 0 amide bonds. The fraction of sp³-hybridized carbons (Fsp3) is 0.750. The Bertz CT molecular complexity index is 487. The minimum atomic E-state index is -0.251. The van der Waals surface area contributed by atoms with Crippen molar-refractivity contribution in [1.29, 1.82) is 0 Å². The molecule has 0 saturated carbocycles. The van der Waals surface area contributed by atoms with Crippen LogP contribution < -0.4 is 10.1 Å². The number of carbonyl (C=O) groups excluding carboxylic acids is 1. The molecule has 6 nitrogen and oxygen atoms in total. The highest BCUT2D eigenvalue weighted by molar-refractivity contribution is 5.82. The second-order valence-corrected chi connectivity index (χ2v) is 6.40. The molecule has 124 valence electrons. The second-order valence-electron chi connectivity index (χ2n) is 6.40. The fourth-order valence-corrected chi connectivity index (χ4v) is 2.98. The first-order valence-electron chi connectivity index (χ1n) is 8.03. The zero-order chi connectivity index (χ0) is 16.1. The zero-order valence-electron chi connectivity index (χ0n) is 14.0. The molecule has 0 aliphatic carbocycles. The van der Waals surface area contributed by atoms with Crippen LogP contribution in [0.25, 0.3) is 0 Å². The van der Waals surface area contributed by atoms with Gasteiger partial charge in [0.15, 0.2) is 5.76 Å². The van der Waals surface area contributed by atoms with E-state index in [1.807, 2.05) is 13.8 Å². The van der Waals surface area contributed by atoms with Crippen molar-refractivity contribution in [3.63, 3.8) is 0 Å². The highest BCUT2D eigenvalue weighted by Crippen LogP contribution is 2.27. The Labute approximate surface area is 132 Å². The summed E-state index contributed by atoms with van der Waals surface area (Å²) in [4.78, 5) is 14.1. The Hall–Kier alpha value is -1.40. The number of aromatic nitrogens is 1. The van der Waals surface area contributed by atoms with Crippen molar-refractivity contribution in [1.82, 2.24) is 15.4 Å². The molecule has 0 aromatic carbocycles. The molecule has 2 atom stereocenters. The van der Waals surface area contributed by atoms with Gasteiger partial charge in [0, 0.05) is 38.3 Å². The summed E-state index contributed by atoms with van der Waals surface area (Å²) >= 11 is 0. The largest absolute Gasteiger partial charge is 0.474 e. The monoisotopic (exact) mass is 309 g/mol. The van der Waals surface area contributed by atoms with E-state index in [2.05, 4.69) is 22.3 Å². The number of piperazine rings is 1. The molecule has 0 radical (unpaired) electrons. The predicted molar refractivity (Wildman–Crippen MR) is 84.2 cm³/mol. The summed E-state index contributed by atoms with van der Waals surface area (Å²) in [5, 5.41) is 7.33. The molecule has 2 rings (SSSR count). The van der Waals surface area contributed by atoms with E-state index < -0.39 is 0 Å². The summed E-state index contributed by atoms with van der Waals surface area (Å²) in [6.45, 7) is 12.3. The van der Waals surface area contributed by atoms with Crippen LogP contribution in [-0.2, 0) is 4.79 Å². The lowest BCUT2D eigenvalue weighted by Gasteiger charge is -2.31. The van der Waals surface area contributed by atoms with Gasteiger partial charge in [-0.2, -0.15) is 0 Å². The SMILES string of the molecule is CC(=O)[C@@H](c1cc(OCCN2CCN[C@H](C)C2)no1)C(C)C. The molecule has 22 heavy (non-hydrogen) atoms. The van der Waals surface area contributed by atoms with Crippen LogP contribution in [0.15, 0.2) is 10.6 Å². The maximum absolute atomic E-state index is 11.7. The normalized spacial score (nSPS) is 21.0. The molecule has 1 fully saturated rings. The average molecular weight is 309 g/mol. The number of ether oxygens (including phenoxy) is 1. The van der Waals surface area contributed by atoms with Gasteiger partial charge in [0.2, 0.25) is 0 Å². The van der Waals surface area contributed by atoms with Gasteiger partial charge in [-0.15, -0.1) is 0 Å². The van der Waals surface area contributed by atoms with Crippen molar-refractivity contribution < 1.29 is 14.1 Å². The van der Waals surface area contributed by atoms with Crippen LogP contribution in [0.2, 0.25) is 0 Å². The van der Waals surface area contributed by atoms with Crippen LogP contribution in [0.5, 0.6) is 5.88 Å². The van der Waals surface area contributed by atoms with Gasteiger partial charge < -0.3 is 14.6 Å². The number of nitrogens with zero attached hydrogens (tertiary/aromatic N) is 2. The van der Waals surface area contributed by atoms with Crippen LogP contribution in [0.3, 0.4) is 0 Å². The first kappa shape index (κ1) is 17.0. The summed E-state index contributed by atoms with van der Waals surface area (Å²) in [6.07, 6.45) is 0. The number of hydrogen-bond acceptors (Lipinski definition) is 6. The first-order chi connectivity index (χ1) is 10.5. The van der Waals surface area contributed by atoms with E-state index in [0.717, 1.165) is 26.2 Å². The molecule has 6 heteroatoms. The molecule has 1 aliphatic heterocycles. The smallest absolute Gasteiger partial charge is 0.254 e. The summed E-state index contributed by atoms with van der Waals surface area (Å²) in [7, 11) is 0. The minimum absolute atomic E-state index is 0.0903. The number of carbonyl (C=O) groups is 1. The third-order valence-corrected chi connectivity index (χ3v) is 4.03. The number of Topliss-reactive ketones (excluding diaryl/α,β-unsaturated/α-hetero) is 1. The Morgan fingerprint density at radius 1 is 1.59 bits per heavy atom. The fourth-order valence-electron chi connectivity index (χ4n) is 2.98. The number of ketones is 1. The van der Waals surface area contributed by atoms with Gasteiger partial charge >= 0.3 is 0 Å². The van der Waals surface area contributed by atoms with Gasteiger partial charge in [0.1, 0.15) is 12.4 Å². The summed E-state index contributed by atoms with van der Waals surface area (Å²) < 4.78 is 10.9. The number of nitrogens with one attached hydrogen (secondary N) is 1. The van der Waals surface area contributed by atoms with Gasteiger partial charge in [-0.25, -0.2) is 0 Å². The Morgan fingerprint density at radius 2 is 2.36 bits per heavy atom. The molecular formula is C16H27N3O3. The Kier molecular flexibility index (Phi) is 5.97. The highest BCUT2D eigenvalue weighted by atomic mass is 16.5. The van der Waals surface area contributed by atoms with Crippen molar-refractivity contribution in [2.24, 2.45) is 5.92 Å². The van der Waals surface area contributed by atoms with Gasteiger partial charge in [0.25, 0.3) is 5.88 Å². The third kappa shape index (κ3) is 4.55. The number of rotatable bonds is 7. The standard InChI is InChI=1S/C16H27N3O3/c1-11(2)16(13(4)20)14-9-15(18-22-14)21-8-7-19-6-5-17-12(3)10-19/h9,11-12,16-17H,5-8,10H2,1-4H3/t12-,16+/m1/s1. The van der Waals surface area contributed by atoms with E-state index >= 15 is 0 Å². The highest BCUT2D eigenvalue weighted by Gasteiger charge is 2.25. The lowest BCUT2D eigenvalue weighted by molar-refractivity contribution is -0.119. The van der Waals surface area contributed by atoms with Crippen LogP contribution >= 0.6 is 0 Å². The second kappa shape index (κ2) is 7.74. The lowest BCUT2D eigenvalue weighted by atomic mass is 9.90. The average Bonchev–Trinajstić information content (AvgIpc) is 2.86. The quantitative estimate of drug-likeness (QED) is 0.826. The Balaban J connectivity index is 1.83. The predicted octanol–water partition coefficient (Wildman–Crippen LogP) is 1.68. The van der Waals surface area contributed by atoms with Crippen molar-refractivity contribution in [2.45, 2.75) is 39.7 Å². The molecular weight excluding hydrogens is 282 g/mol. The van der Waals surface area contributed by atoms with Crippen molar-refractivity contribution in [3.05, 3.63) is 11.8 Å². The van der Waals surface area contributed by atoms with Gasteiger partial charge in [-0.05, 0) is 24.9 Å². The molecule has 0 unspecified atom stereocenters. The summed E-state index contributed by atoms with van der Waals surface area (Å²) in [5.41, 5.74) is 0. The van der Waals surface area contributed by atoms with Crippen LogP contribution in [0.1, 0.15) is 39.4 Å². The molecule has 0 spiro atoms. The van der Waals surface area contributed by atoms with Gasteiger partial charge in [-0.3, -0.25) is 9.69 Å². The number of hydrogen-bond donors (Lipinski definition) is 1. The Morgan fingerprint density at radius 3 is 3.00 bits per heavy atom. The first-order valence-corrected chi connectivity index (χ1v) is 8.03. The van der Waals surface area contributed by atoms with Crippen LogP contribution in [0.4, 0.5) is 0 Å². The lowest BCUT2D eigenvalue weighted by Crippen LogP contribution is -2.50. The van der Waals surface area contributed by atoms with E-state index in [1.165, 1.54) is 0 Å². The van der Waals surface area contributed by atoms with Gasteiger partial charge in [0.05, 0.1) is 5.92 Å². The summed E-state index contributed by atoms with van der Waals surface area (Å²) in [5.74, 6) is 1.07. The van der Waals surface area contributed by atoms with Crippen molar-refractivity contribution in [2.75, 3.05) is 32.8 Å². The molecule has 1 saturated heterocycles. The van der Waals surface area contributed by atoms with Crippen LogP contribution in [0, 0.1) is 5.92 Å².